The highest BCUT2D eigenvalue weighted by Crippen LogP contribution is 2.20. The number of halogens is 2. The maximum absolute atomic E-state index is 13.6. The highest BCUT2D eigenvalue weighted by atomic mass is 19.1. The van der Waals surface area contributed by atoms with Crippen molar-refractivity contribution in [1.82, 2.24) is 9.80 Å². The minimum absolute atomic E-state index is 0.0328. The second-order valence-corrected chi connectivity index (χ2v) is 5.22. The van der Waals surface area contributed by atoms with Crippen LogP contribution in [0.25, 0.3) is 0 Å². The fourth-order valence-corrected chi connectivity index (χ4v) is 2.46. The summed E-state index contributed by atoms with van der Waals surface area (Å²) in [5.41, 5.74) is 5.10. The Hall–Kier alpha value is -1.57. The molecule has 0 bridgehead atoms. The number of nitrogens with two attached hydrogens (primary N) is 1. The van der Waals surface area contributed by atoms with Crippen LogP contribution in [0.4, 0.5) is 8.78 Å². The lowest BCUT2D eigenvalue weighted by atomic mass is 10.1. The van der Waals surface area contributed by atoms with E-state index in [9.17, 15) is 18.7 Å². The number of amides is 1. The summed E-state index contributed by atoms with van der Waals surface area (Å²) in [6, 6.07) is 3.05. The third-order valence-corrected chi connectivity index (χ3v) is 3.59. The van der Waals surface area contributed by atoms with E-state index >= 15 is 0 Å². The molecule has 116 valence electrons. The molecule has 1 aliphatic heterocycles. The zero-order chi connectivity index (χ0) is 15.4. The number of primary amides is 1. The fourth-order valence-electron chi connectivity index (χ4n) is 2.46. The zero-order valence-corrected chi connectivity index (χ0v) is 11.6. The molecule has 0 radical (unpaired) electrons. The number of hydrogen-bond acceptors (Lipinski definition) is 4. The van der Waals surface area contributed by atoms with Gasteiger partial charge in [0.15, 0.2) is 0 Å². The van der Waals surface area contributed by atoms with Crippen molar-refractivity contribution >= 4 is 5.91 Å². The molecule has 0 spiro atoms. The molecule has 1 amide bonds. The molecule has 1 unspecified atom stereocenters. The van der Waals surface area contributed by atoms with Crippen molar-refractivity contribution in [1.29, 1.82) is 0 Å². The molecule has 1 heterocycles. The number of aliphatic hydroxyl groups excluding tert-OH is 1. The largest absolute Gasteiger partial charge is 0.387 e. The molecule has 1 aromatic rings. The molecule has 0 aromatic heterocycles. The van der Waals surface area contributed by atoms with Gasteiger partial charge >= 0.3 is 0 Å². The molecule has 0 aliphatic carbocycles. The Kier molecular flexibility index (Phi) is 5.22. The Balaban J connectivity index is 1.88. The second kappa shape index (κ2) is 6.93. The SMILES string of the molecule is NC(=O)CN1CCN(CC(O)c2cc(F)ccc2F)CC1. The summed E-state index contributed by atoms with van der Waals surface area (Å²) in [6.07, 6.45) is -1.08. The van der Waals surface area contributed by atoms with Crippen molar-refractivity contribution in [2.45, 2.75) is 6.10 Å². The number of piperazine rings is 1. The monoisotopic (exact) mass is 299 g/mol. The van der Waals surface area contributed by atoms with Crippen LogP contribution < -0.4 is 5.73 Å². The summed E-state index contributed by atoms with van der Waals surface area (Å²) in [5, 5.41) is 10.1. The normalized spacial score (nSPS) is 18.6. The molecule has 1 aliphatic rings. The molecule has 1 saturated heterocycles. The molecule has 1 atom stereocenters. The first-order valence-corrected chi connectivity index (χ1v) is 6.81. The molecule has 0 saturated carbocycles. The Morgan fingerprint density at radius 3 is 2.48 bits per heavy atom. The predicted octanol–water partition coefficient (Wildman–Crippen LogP) is 0.101. The molecular weight excluding hydrogens is 280 g/mol. The average Bonchev–Trinajstić information content (AvgIpc) is 2.43. The van der Waals surface area contributed by atoms with E-state index in [4.69, 9.17) is 5.73 Å². The Morgan fingerprint density at radius 1 is 1.24 bits per heavy atom. The van der Waals surface area contributed by atoms with E-state index < -0.39 is 17.7 Å². The maximum Gasteiger partial charge on any atom is 0.231 e. The van der Waals surface area contributed by atoms with Gasteiger partial charge in [-0.15, -0.1) is 0 Å². The molecule has 1 fully saturated rings. The molecule has 2 rings (SSSR count). The van der Waals surface area contributed by atoms with E-state index in [1.54, 1.807) is 0 Å². The molecule has 21 heavy (non-hydrogen) atoms. The third kappa shape index (κ3) is 4.45. The second-order valence-electron chi connectivity index (χ2n) is 5.22. The van der Waals surface area contributed by atoms with Gasteiger partial charge in [-0.1, -0.05) is 0 Å². The summed E-state index contributed by atoms with van der Waals surface area (Å²) in [4.78, 5) is 14.7. The van der Waals surface area contributed by atoms with Gasteiger partial charge < -0.3 is 10.8 Å². The van der Waals surface area contributed by atoms with Crippen molar-refractivity contribution in [3.8, 4) is 0 Å². The molecule has 7 heteroatoms. The number of benzene rings is 1. The topological polar surface area (TPSA) is 69.8 Å². The van der Waals surface area contributed by atoms with E-state index in [1.165, 1.54) is 0 Å². The van der Waals surface area contributed by atoms with Crippen LogP contribution in [0.15, 0.2) is 18.2 Å². The summed E-state index contributed by atoms with van der Waals surface area (Å²) in [6.45, 7) is 3.03. The van der Waals surface area contributed by atoms with Crippen LogP contribution in [-0.4, -0.2) is 60.1 Å². The van der Waals surface area contributed by atoms with Crippen LogP contribution >= 0.6 is 0 Å². The first-order chi connectivity index (χ1) is 9.95. The number of β-amino-alcohol motifs (C(OH)–C–C–N with tert-alkyl or cyclic N) is 1. The molecule has 1 aromatic carbocycles. The fraction of sp³-hybridized carbons (Fsp3) is 0.500. The smallest absolute Gasteiger partial charge is 0.231 e. The van der Waals surface area contributed by atoms with E-state index in [0.29, 0.717) is 26.2 Å². The standard InChI is InChI=1S/C14H19F2N3O2/c15-10-1-2-12(16)11(7-10)13(20)8-18-3-5-19(6-4-18)9-14(17)21/h1-2,7,13,20H,3-6,8-9H2,(H2,17,21). The Morgan fingerprint density at radius 2 is 1.86 bits per heavy atom. The summed E-state index contributed by atoms with van der Waals surface area (Å²) < 4.78 is 26.7. The summed E-state index contributed by atoms with van der Waals surface area (Å²) in [7, 11) is 0. The Labute approximate surface area is 121 Å². The number of rotatable bonds is 5. The summed E-state index contributed by atoms with van der Waals surface area (Å²) >= 11 is 0. The van der Waals surface area contributed by atoms with Crippen LogP contribution in [0.2, 0.25) is 0 Å². The van der Waals surface area contributed by atoms with Gasteiger partial charge in [0.25, 0.3) is 0 Å². The highest BCUT2D eigenvalue weighted by molar-refractivity contribution is 5.75. The molecule has 3 N–H and O–H groups in total. The molecular formula is C14H19F2N3O2. The van der Waals surface area contributed by atoms with Crippen LogP contribution in [-0.2, 0) is 4.79 Å². The van der Waals surface area contributed by atoms with Crippen LogP contribution in [0.5, 0.6) is 0 Å². The minimum Gasteiger partial charge on any atom is -0.387 e. The van der Waals surface area contributed by atoms with Crippen molar-refractivity contribution in [2.24, 2.45) is 5.73 Å². The van der Waals surface area contributed by atoms with Gasteiger partial charge in [-0.05, 0) is 18.2 Å². The van der Waals surface area contributed by atoms with Gasteiger partial charge in [-0.2, -0.15) is 0 Å². The first kappa shape index (κ1) is 15.8. The third-order valence-electron chi connectivity index (χ3n) is 3.59. The van der Waals surface area contributed by atoms with Gasteiger partial charge in [-0.25, -0.2) is 8.78 Å². The number of carbonyl (C=O) groups excluding carboxylic acids is 1. The van der Waals surface area contributed by atoms with E-state index in [2.05, 4.69) is 0 Å². The van der Waals surface area contributed by atoms with Gasteiger partial charge in [0.05, 0.1) is 12.6 Å². The van der Waals surface area contributed by atoms with Crippen LogP contribution in [0.1, 0.15) is 11.7 Å². The lowest BCUT2D eigenvalue weighted by molar-refractivity contribution is -0.119. The number of carbonyl (C=O) groups is 1. The van der Waals surface area contributed by atoms with Crippen molar-refractivity contribution in [3.05, 3.63) is 35.4 Å². The zero-order valence-electron chi connectivity index (χ0n) is 11.6. The van der Waals surface area contributed by atoms with Crippen molar-refractivity contribution < 1.29 is 18.7 Å². The van der Waals surface area contributed by atoms with Gasteiger partial charge in [0, 0.05) is 38.3 Å². The van der Waals surface area contributed by atoms with E-state index in [1.807, 2.05) is 9.80 Å². The lowest BCUT2D eigenvalue weighted by Gasteiger charge is -2.35. The predicted molar refractivity (Wildman–Crippen MR) is 73.4 cm³/mol. The number of nitrogens with zero attached hydrogens (tertiary/aromatic N) is 2. The Bertz CT molecular complexity index is 505. The van der Waals surface area contributed by atoms with E-state index in [-0.39, 0.29) is 24.6 Å². The average molecular weight is 299 g/mol. The van der Waals surface area contributed by atoms with Crippen LogP contribution in [0.3, 0.4) is 0 Å². The van der Waals surface area contributed by atoms with Crippen molar-refractivity contribution in [3.63, 3.8) is 0 Å². The number of aliphatic hydroxyl groups is 1. The summed E-state index contributed by atoms with van der Waals surface area (Å²) in [5.74, 6) is -1.56. The van der Waals surface area contributed by atoms with E-state index in [0.717, 1.165) is 18.2 Å². The van der Waals surface area contributed by atoms with Gasteiger partial charge in [0.2, 0.25) is 5.91 Å². The molecule has 5 nitrogen and oxygen atoms in total. The highest BCUT2D eigenvalue weighted by Gasteiger charge is 2.22. The quantitative estimate of drug-likeness (QED) is 0.809. The van der Waals surface area contributed by atoms with Crippen LogP contribution in [0, 0.1) is 11.6 Å². The van der Waals surface area contributed by atoms with Gasteiger partial charge in [-0.3, -0.25) is 14.6 Å². The van der Waals surface area contributed by atoms with Gasteiger partial charge in [0.1, 0.15) is 11.6 Å². The minimum atomic E-state index is -1.08. The van der Waals surface area contributed by atoms with Crippen molar-refractivity contribution in [2.75, 3.05) is 39.3 Å². The lowest BCUT2D eigenvalue weighted by Crippen LogP contribution is -2.49. The first-order valence-electron chi connectivity index (χ1n) is 6.81. The maximum atomic E-state index is 13.6. The number of hydrogen-bond donors (Lipinski definition) is 2.